The van der Waals surface area contributed by atoms with Crippen molar-refractivity contribution in [3.05, 3.63) is 0 Å². The molecule has 11 heavy (non-hydrogen) atoms. The van der Waals surface area contributed by atoms with Gasteiger partial charge in [-0.2, -0.15) is 8.78 Å². The summed E-state index contributed by atoms with van der Waals surface area (Å²) in [5, 5.41) is -3.34. The van der Waals surface area contributed by atoms with Crippen LogP contribution in [0.4, 0.5) is 8.78 Å². The number of carbonyl (C=O) groups excluding carboxylic acids is 1. The number of alkyl halides is 3. The van der Waals surface area contributed by atoms with Gasteiger partial charge in [0.05, 0.1) is 5.92 Å². The first-order valence-electron chi connectivity index (χ1n) is 3.61. The Labute approximate surface area is 68.7 Å². The van der Waals surface area contributed by atoms with Crippen LogP contribution in [0.5, 0.6) is 0 Å². The van der Waals surface area contributed by atoms with Crippen molar-refractivity contribution in [2.24, 2.45) is 5.92 Å². The first-order chi connectivity index (χ1) is 5.02. The molecule has 0 radical (unpaired) electrons. The Morgan fingerprint density at radius 2 is 2.09 bits per heavy atom. The van der Waals surface area contributed by atoms with E-state index >= 15 is 0 Å². The molecule has 0 N–H and O–H groups in total. The lowest BCUT2D eigenvalue weighted by atomic mass is 9.88. The number of carbonyl (C=O) groups is 1. The van der Waals surface area contributed by atoms with E-state index in [0.717, 1.165) is 6.42 Å². The van der Waals surface area contributed by atoms with E-state index in [1.54, 1.807) is 0 Å². The van der Waals surface area contributed by atoms with Crippen LogP contribution in [-0.4, -0.2) is 11.2 Å². The Morgan fingerprint density at radius 1 is 1.45 bits per heavy atom. The molecule has 0 bridgehead atoms. The molecule has 1 nitrogen and oxygen atoms in total. The molecule has 1 rings (SSSR count). The van der Waals surface area contributed by atoms with E-state index in [4.69, 9.17) is 11.6 Å². The number of Topliss-reactive ketones (excluding diaryl/α,β-unsaturated/α-hetero) is 1. The molecule has 0 aromatic heterocycles. The van der Waals surface area contributed by atoms with Gasteiger partial charge in [-0.15, -0.1) is 0 Å². The van der Waals surface area contributed by atoms with Crippen LogP contribution in [0.2, 0.25) is 0 Å². The van der Waals surface area contributed by atoms with Crippen LogP contribution < -0.4 is 0 Å². The average Bonchev–Trinajstić information content (AvgIpc) is 1.86. The molecule has 1 fully saturated rings. The quantitative estimate of drug-likeness (QED) is 0.570. The van der Waals surface area contributed by atoms with Crippen LogP contribution in [0.1, 0.15) is 25.7 Å². The lowest BCUT2D eigenvalue weighted by Crippen LogP contribution is -2.32. The second kappa shape index (κ2) is 3.05. The first kappa shape index (κ1) is 8.91. The topological polar surface area (TPSA) is 17.1 Å². The van der Waals surface area contributed by atoms with E-state index in [2.05, 4.69) is 0 Å². The third-order valence-corrected chi connectivity index (χ3v) is 2.21. The fraction of sp³-hybridized carbons (Fsp3) is 0.857. The van der Waals surface area contributed by atoms with Crippen molar-refractivity contribution in [3.63, 3.8) is 0 Å². The molecule has 0 spiro atoms. The minimum atomic E-state index is -3.34. The highest BCUT2D eigenvalue weighted by atomic mass is 35.5. The molecule has 1 aliphatic carbocycles. The zero-order chi connectivity index (χ0) is 8.48. The number of rotatable bonds is 1. The molecule has 0 aromatic carbocycles. The standard InChI is InChI=1S/C7H9ClF2O/c8-7(9,10)5-3-1-2-4-6(5)11/h5H,1-4H2. The van der Waals surface area contributed by atoms with Crippen LogP contribution >= 0.6 is 11.6 Å². The highest BCUT2D eigenvalue weighted by Gasteiger charge is 2.42. The van der Waals surface area contributed by atoms with E-state index in [9.17, 15) is 13.6 Å². The Hall–Kier alpha value is -0.180. The molecule has 0 saturated heterocycles. The minimum Gasteiger partial charge on any atom is -0.299 e. The molecule has 0 heterocycles. The fourth-order valence-corrected chi connectivity index (χ4v) is 1.56. The summed E-state index contributed by atoms with van der Waals surface area (Å²) in [4.78, 5) is 10.9. The summed E-state index contributed by atoms with van der Waals surface area (Å²) in [5.74, 6) is -1.63. The molecule has 1 atom stereocenters. The maximum atomic E-state index is 12.4. The second-order valence-corrected chi connectivity index (χ2v) is 3.31. The summed E-state index contributed by atoms with van der Waals surface area (Å²) < 4.78 is 24.8. The van der Waals surface area contributed by atoms with Crippen molar-refractivity contribution in [3.8, 4) is 0 Å². The van der Waals surface area contributed by atoms with Gasteiger partial charge in [-0.25, -0.2) is 0 Å². The second-order valence-electron chi connectivity index (χ2n) is 2.81. The van der Waals surface area contributed by atoms with E-state index in [1.807, 2.05) is 0 Å². The van der Waals surface area contributed by atoms with E-state index in [1.165, 1.54) is 0 Å². The Kier molecular flexibility index (Phi) is 2.47. The number of hydrogen-bond acceptors (Lipinski definition) is 1. The van der Waals surface area contributed by atoms with Gasteiger partial charge in [-0.1, -0.05) is 6.42 Å². The van der Waals surface area contributed by atoms with Crippen molar-refractivity contribution in [2.75, 3.05) is 0 Å². The number of hydrogen-bond donors (Lipinski definition) is 0. The molecule has 1 saturated carbocycles. The maximum Gasteiger partial charge on any atom is 0.331 e. The Bertz CT molecular complexity index is 164. The van der Waals surface area contributed by atoms with Gasteiger partial charge in [-0.3, -0.25) is 4.79 Å². The van der Waals surface area contributed by atoms with Crippen LogP contribution in [0.25, 0.3) is 0 Å². The lowest BCUT2D eigenvalue weighted by molar-refractivity contribution is -0.132. The molecule has 1 aliphatic rings. The molecule has 1 unspecified atom stereocenters. The van der Waals surface area contributed by atoms with Crippen LogP contribution in [0.15, 0.2) is 0 Å². The van der Waals surface area contributed by atoms with Crippen molar-refractivity contribution >= 4 is 17.4 Å². The van der Waals surface area contributed by atoms with Crippen LogP contribution in [0, 0.1) is 5.92 Å². The molecule has 4 heteroatoms. The van der Waals surface area contributed by atoms with Gasteiger partial charge >= 0.3 is 5.38 Å². The normalized spacial score (nSPS) is 27.2. The van der Waals surface area contributed by atoms with Gasteiger partial charge in [0.25, 0.3) is 0 Å². The lowest BCUT2D eigenvalue weighted by Gasteiger charge is -2.23. The Morgan fingerprint density at radius 3 is 2.45 bits per heavy atom. The SMILES string of the molecule is O=C1CCCCC1C(F)(F)Cl. The monoisotopic (exact) mass is 182 g/mol. The molecule has 0 aliphatic heterocycles. The smallest absolute Gasteiger partial charge is 0.299 e. The highest BCUT2D eigenvalue weighted by molar-refractivity contribution is 6.23. The molecular weight excluding hydrogens is 174 g/mol. The summed E-state index contributed by atoms with van der Waals surface area (Å²) >= 11 is 4.75. The number of halogens is 3. The molecule has 0 aromatic rings. The van der Waals surface area contributed by atoms with Crippen molar-refractivity contribution in [1.29, 1.82) is 0 Å². The summed E-state index contributed by atoms with van der Waals surface area (Å²) in [6.07, 6.45) is 1.89. The zero-order valence-electron chi connectivity index (χ0n) is 5.95. The fourth-order valence-electron chi connectivity index (χ4n) is 1.33. The molecular formula is C7H9ClF2O. The molecule has 0 amide bonds. The predicted octanol–water partition coefficient (Wildman–Crippen LogP) is 2.58. The summed E-state index contributed by atoms with van der Waals surface area (Å²) in [5.41, 5.74) is 0. The van der Waals surface area contributed by atoms with E-state index in [0.29, 0.717) is 6.42 Å². The third-order valence-electron chi connectivity index (χ3n) is 1.95. The molecule has 64 valence electrons. The van der Waals surface area contributed by atoms with Crippen molar-refractivity contribution in [2.45, 2.75) is 31.1 Å². The van der Waals surface area contributed by atoms with E-state index < -0.39 is 17.1 Å². The summed E-state index contributed by atoms with van der Waals surface area (Å²) in [6, 6.07) is 0. The van der Waals surface area contributed by atoms with Gasteiger partial charge in [0.2, 0.25) is 0 Å². The van der Waals surface area contributed by atoms with Crippen LogP contribution in [-0.2, 0) is 4.79 Å². The highest BCUT2D eigenvalue weighted by Crippen LogP contribution is 2.36. The van der Waals surface area contributed by atoms with Crippen molar-refractivity contribution < 1.29 is 13.6 Å². The summed E-state index contributed by atoms with van der Waals surface area (Å²) in [7, 11) is 0. The maximum absolute atomic E-state index is 12.4. The van der Waals surface area contributed by atoms with Crippen LogP contribution in [0.3, 0.4) is 0 Å². The first-order valence-corrected chi connectivity index (χ1v) is 3.99. The van der Waals surface area contributed by atoms with Gasteiger partial charge in [-0.05, 0) is 24.4 Å². The van der Waals surface area contributed by atoms with E-state index in [-0.39, 0.29) is 12.8 Å². The summed E-state index contributed by atoms with van der Waals surface area (Å²) in [6.45, 7) is 0. The largest absolute Gasteiger partial charge is 0.331 e. The van der Waals surface area contributed by atoms with Gasteiger partial charge < -0.3 is 0 Å². The van der Waals surface area contributed by atoms with Gasteiger partial charge in [0, 0.05) is 6.42 Å². The Balaban J connectivity index is 2.62. The minimum absolute atomic E-state index is 0.231. The number of ketones is 1. The van der Waals surface area contributed by atoms with Gasteiger partial charge in [0.15, 0.2) is 0 Å². The third kappa shape index (κ3) is 2.12. The van der Waals surface area contributed by atoms with Crippen molar-refractivity contribution in [1.82, 2.24) is 0 Å². The predicted molar refractivity (Wildman–Crippen MR) is 37.8 cm³/mol. The van der Waals surface area contributed by atoms with Gasteiger partial charge in [0.1, 0.15) is 5.78 Å². The zero-order valence-corrected chi connectivity index (χ0v) is 6.70. The average molecular weight is 183 g/mol.